The van der Waals surface area contributed by atoms with Gasteiger partial charge in [0.05, 0.1) is 20.3 Å². The zero-order chi connectivity index (χ0) is 24.2. The number of nitrogens with one attached hydrogen (secondary N) is 2. The van der Waals surface area contributed by atoms with Crippen LogP contribution >= 0.6 is 0 Å². The zero-order valence-electron chi connectivity index (χ0n) is 19.7. The van der Waals surface area contributed by atoms with E-state index in [0.29, 0.717) is 31.1 Å². The van der Waals surface area contributed by atoms with Crippen LogP contribution in [0, 0.1) is 19.7 Å². The molecule has 0 unspecified atom stereocenters. The summed E-state index contributed by atoms with van der Waals surface area (Å²) >= 11 is 0. The fourth-order valence-corrected chi connectivity index (χ4v) is 4.40. The first kappa shape index (κ1) is 23.9. The molecule has 0 aromatic heterocycles. The van der Waals surface area contributed by atoms with Crippen molar-refractivity contribution in [2.75, 3.05) is 32.2 Å². The molecule has 0 saturated carbocycles. The van der Waals surface area contributed by atoms with Crippen molar-refractivity contribution in [1.29, 1.82) is 0 Å². The molecular formula is C27H30FN3O3. The van der Waals surface area contributed by atoms with Crippen LogP contribution in [0.25, 0.3) is 22.3 Å². The summed E-state index contributed by atoms with van der Waals surface area (Å²) in [6.07, 6.45) is 0. The molecule has 3 aromatic carbocycles. The highest BCUT2D eigenvalue weighted by molar-refractivity contribution is 5.97. The van der Waals surface area contributed by atoms with Gasteiger partial charge in [0.25, 0.3) is 0 Å². The molecule has 0 aliphatic carbocycles. The van der Waals surface area contributed by atoms with Crippen LogP contribution < -0.4 is 21.1 Å². The molecule has 0 spiro atoms. The topological polar surface area (TPSA) is 85.6 Å². The number of morpholine rings is 1. The quantitative estimate of drug-likeness (QED) is 0.511. The van der Waals surface area contributed by atoms with Gasteiger partial charge in [0, 0.05) is 24.3 Å². The summed E-state index contributed by atoms with van der Waals surface area (Å²) in [5.41, 5.74) is 12.4. The van der Waals surface area contributed by atoms with Crippen LogP contribution in [0.1, 0.15) is 16.7 Å². The molecule has 7 heteroatoms. The van der Waals surface area contributed by atoms with E-state index in [1.165, 1.54) is 13.2 Å². The molecule has 1 aliphatic heterocycles. The molecule has 6 nitrogen and oxygen atoms in total. The minimum absolute atomic E-state index is 0.0640. The van der Waals surface area contributed by atoms with E-state index in [2.05, 4.69) is 10.6 Å². The maximum atomic E-state index is 14.7. The third-order valence-corrected chi connectivity index (χ3v) is 6.34. The van der Waals surface area contributed by atoms with Crippen LogP contribution in [-0.2, 0) is 16.1 Å². The van der Waals surface area contributed by atoms with Crippen LogP contribution in [0.4, 0.5) is 10.1 Å². The SMILES string of the molecule is COc1cc(-c2cccc(-c3cccc(NC(=O)[C@H]4COCCN4)c3C)c2C)cc(F)c1CN. The van der Waals surface area contributed by atoms with Crippen molar-refractivity contribution < 1.29 is 18.7 Å². The summed E-state index contributed by atoms with van der Waals surface area (Å²) in [6, 6.07) is 14.7. The Labute approximate surface area is 199 Å². The molecule has 4 rings (SSSR count). The van der Waals surface area contributed by atoms with E-state index in [4.69, 9.17) is 15.2 Å². The fourth-order valence-electron chi connectivity index (χ4n) is 4.40. The van der Waals surface area contributed by atoms with Gasteiger partial charge in [0.15, 0.2) is 0 Å². The van der Waals surface area contributed by atoms with E-state index in [-0.39, 0.29) is 24.3 Å². The Morgan fingerprint density at radius 2 is 1.85 bits per heavy atom. The van der Waals surface area contributed by atoms with Crippen LogP contribution in [-0.4, -0.2) is 38.8 Å². The van der Waals surface area contributed by atoms with Gasteiger partial charge in [-0.3, -0.25) is 4.79 Å². The number of ether oxygens (including phenoxy) is 2. The minimum Gasteiger partial charge on any atom is -0.496 e. The Morgan fingerprint density at radius 3 is 2.53 bits per heavy atom. The van der Waals surface area contributed by atoms with Gasteiger partial charge in [-0.05, 0) is 65.4 Å². The van der Waals surface area contributed by atoms with Gasteiger partial charge in [0.1, 0.15) is 17.6 Å². The summed E-state index contributed by atoms with van der Waals surface area (Å²) in [5, 5.41) is 6.21. The number of methoxy groups -OCH3 is 1. The number of amides is 1. The van der Waals surface area contributed by atoms with Gasteiger partial charge in [0.2, 0.25) is 5.91 Å². The maximum absolute atomic E-state index is 14.7. The van der Waals surface area contributed by atoms with E-state index in [0.717, 1.165) is 39.1 Å². The monoisotopic (exact) mass is 463 g/mol. The molecule has 0 bridgehead atoms. The lowest BCUT2D eigenvalue weighted by molar-refractivity contribution is -0.120. The number of anilines is 1. The second kappa shape index (κ2) is 10.3. The third-order valence-electron chi connectivity index (χ3n) is 6.34. The second-order valence-electron chi connectivity index (χ2n) is 8.37. The van der Waals surface area contributed by atoms with Gasteiger partial charge in [-0.15, -0.1) is 0 Å². The molecular weight excluding hydrogens is 433 g/mol. The number of carbonyl (C=O) groups is 1. The minimum atomic E-state index is -0.386. The summed E-state index contributed by atoms with van der Waals surface area (Å²) in [6.45, 7) is 5.68. The first-order valence-corrected chi connectivity index (χ1v) is 11.3. The van der Waals surface area contributed by atoms with Gasteiger partial charge >= 0.3 is 0 Å². The van der Waals surface area contributed by atoms with Gasteiger partial charge in [-0.25, -0.2) is 4.39 Å². The number of rotatable bonds is 6. The largest absolute Gasteiger partial charge is 0.496 e. The normalized spacial score (nSPS) is 15.7. The zero-order valence-corrected chi connectivity index (χ0v) is 19.7. The Morgan fingerprint density at radius 1 is 1.15 bits per heavy atom. The molecule has 1 amide bonds. The van der Waals surface area contributed by atoms with E-state index in [1.54, 1.807) is 0 Å². The van der Waals surface area contributed by atoms with Crippen molar-refractivity contribution in [2.45, 2.75) is 26.4 Å². The predicted molar refractivity (Wildman–Crippen MR) is 132 cm³/mol. The highest BCUT2D eigenvalue weighted by Gasteiger charge is 2.22. The van der Waals surface area contributed by atoms with Crippen molar-refractivity contribution in [1.82, 2.24) is 5.32 Å². The molecule has 4 N–H and O–H groups in total. The van der Waals surface area contributed by atoms with E-state index >= 15 is 0 Å². The maximum Gasteiger partial charge on any atom is 0.243 e. The Hall–Kier alpha value is -3.26. The number of hydrogen-bond acceptors (Lipinski definition) is 5. The molecule has 178 valence electrons. The average Bonchev–Trinajstić information content (AvgIpc) is 2.85. The molecule has 1 saturated heterocycles. The third kappa shape index (κ3) is 4.68. The molecule has 34 heavy (non-hydrogen) atoms. The van der Waals surface area contributed by atoms with Crippen LogP contribution in [0.15, 0.2) is 48.5 Å². The molecule has 3 aromatic rings. The van der Waals surface area contributed by atoms with Gasteiger partial charge < -0.3 is 25.8 Å². The van der Waals surface area contributed by atoms with E-state index in [1.807, 2.05) is 56.3 Å². The fraction of sp³-hybridized carbons (Fsp3) is 0.296. The van der Waals surface area contributed by atoms with Crippen molar-refractivity contribution >= 4 is 11.6 Å². The van der Waals surface area contributed by atoms with Crippen molar-refractivity contribution in [3.63, 3.8) is 0 Å². The number of hydrogen-bond donors (Lipinski definition) is 3. The smallest absolute Gasteiger partial charge is 0.243 e. The summed E-state index contributed by atoms with van der Waals surface area (Å²) in [5.74, 6) is -0.0701. The molecule has 1 atom stereocenters. The van der Waals surface area contributed by atoms with Crippen molar-refractivity contribution in [3.05, 3.63) is 71.0 Å². The molecule has 1 fully saturated rings. The first-order valence-electron chi connectivity index (χ1n) is 11.3. The summed E-state index contributed by atoms with van der Waals surface area (Å²) < 4.78 is 25.5. The Bertz CT molecular complexity index is 1210. The van der Waals surface area contributed by atoms with Crippen LogP contribution in [0.5, 0.6) is 5.75 Å². The molecule has 1 heterocycles. The number of benzene rings is 3. The van der Waals surface area contributed by atoms with Crippen molar-refractivity contribution in [2.24, 2.45) is 5.73 Å². The molecule has 1 aliphatic rings. The Balaban J connectivity index is 1.70. The van der Waals surface area contributed by atoms with E-state index < -0.39 is 0 Å². The number of halogens is 1. The number of carbonyl (C=O) groups excluding carboxylic acids is 1. The molecule has 0 radical (unpaired) electrons. The lowest BCUT2D eigenvalue weighted by Gasteiger charge is -2.23. The highest BCUT2D eigenvalue weighted by atomic mass is 19.1. The summed E-state index contributed by atoms with van der Waals surface area (Å²) in [7, 11) is 1.51. The second-order valence-corrected chi connectivity index (χ2v) is 8.37. The predicted octanol–water partition coefficient (Wildman–Crippen LogP) is 4.17. The Kier molecular flexibility index (Phi) is 7.26. The van der Waals surface area contributed by atoms with E-state index in [9.17, 15) is 9.18 Å². The lowest BCUT2D eigenvalue weighted by Crippen LogP contribution is -2.48. The lowest BCUT2D eigenvalue weighted by atomic mass is 9.90. The van der Waals surface area contributed by atoms with Gasteiger partial charge in [-0.2, -0.15) is 0 Å². The number of nitrogens with two attached hydrogens (primary N) is 1. The highest BCUT2D eigenvalue weighted by Crippen LogP contribution is 2.37. The van der Waals surface area contributed by atoms with Crippen LogP contribution in [0.3, 0.4) is 0 Å². The first-order chi connectivity index (χ1) is 16.4. The average molecular weight is 464 g/mol. The van der Waals surface area contributed by atoms with Gasteiger partial charge in [-0.1, -0.05) is 30.3 Å². The standard InChI is InChI=1S/C27H30FN3O3/c1-16-19(18-12-23(28)22(14-29)26(13-18)33-3)6-4-7-20(16)21-8-5-9-24(17(21)2)31-27(32)25-15-34-11-10-30-25/h4-9,12-13,25,30H,10-11,14-15,29H2,1-3H3,(H,31,32)/t25-/m1/s1. The van der Waals surface area contributed by atoms with Crippen molar-refractivity contribution in [3.8, 4) is 28.0 Å². The summed E-state index contributed by atoms with van der Waals surface area (Å²) in [4.78, 5) is 12.7. The van der Waals surface area contributed by atoms with Crippen LogP contribution in [0.2, 0.25) is 0 Å².